The Morgan fingerprint density at radius 1 is 0.940 bits per heavy atom. The van der Waals surface area contributed by atoms with Gasteiger partial charge in [-0.05, 0) is 60.9 Å². The van der Waals surface area contributed by atoms with Crippen LogP contribution in [0.25, 0.3) is 44.5 Å². The second-order valence-corrected chi connectivity index (χ2v) is 18.3. The van der Waals surface area contributed by atoms with E-state index in [1.807, 2.05) is 71.2 Å². The first-order valence-corrected chi connectivity index (χ1v) is 22.7. The molecule has 0 aliphatic carbocycles. The van der Waals surface area contributed by atoms with Crippen LogP contribution in [0.3, 0.4) is 0 Å². The van der Waals surface area contributed by atoms with E-state index in [4.69, 9.17) is 19.4 Å². The molecule has 2 N–H and O–H groups in total. The fourth-order valence-electron chi connectivity index (χ4n) is 10.4. The number of aromatic nitrogens is 6. The number of imide groups is 1. The number of fused-ring (bicyclic) bond motifs is 2. The van der Waals surface area contributed by atoms with Gasteiger partial charge in [-0.15, -0.1) is 0 Å². The molecule has 0 saturated carbocycles. The van der Waals surface area contributed by atoms with Crippen LogP contribution in [0, 0.1) is 0 Å². The maximum absolute atomic E-state index is 16.1. The van der Waals surface area contributed by atoms with E-state index in [1.165, 1.54) is 16.1 Å². The summed E-state index contributed by atoms with van der Waals surface area (Å²) in [5, 5.41) is 5.98. The average molecular weight is 918 g/mol. The van der Waals surface area contributed by atoms with Gasteiger partial charge in [-0.25, -0.2) is 23.5 Å². The minimum Gasteiger partial charge on any atom is -0.378 e. The number of benzene rings is 1. The summed E-state index contributed by atoms with van der Waals surface area (Å²) in [6, 6.07) is 13.6. The summed E-state index contributed by atoms with van der Waals surface area (Å²) in [4.78, 5) is 69.8. The number of anilines is 2. The first-order chi connectivity index (χ1) is 32.2. The van der Waals surface area contributed by atoms with Crippen LogP contribution in [0.4, 0.5) is 20.3 Å². The number of piperazine rings is 1. The summed E-state index contributed by atoms with van der Waals surface area (Å²) in [6.07, 6.45) is 6.83. The number of amides is 3. The third kappa shape index (κ3) is 8.27. The largest absolute Gasteiger partial charge is 0.378 e. The van der Waals surface area contributed by atoms with Gasteiger partial charge < -0.3 is 24.3 Å². The third-order valence-corrected chi connectivity index (χ3v) is 14.0. The molecule has 350 valence electrons. The van der Waals surface area contributed by atoms with Gasteiger partial charge in [0.2, 0.25) is 17.7 Å². The van der Waals surface area contributed by atoms with E-state index < -0.39 is 29.5 Å². The predicted octanol–water partition coefficient (Wildman–Crippen LogP) is 4.58. The van der Waals surface area contributed by atoms with Crippen LogP contribution in [0.15, 0.2) is 71.9 Å². The number of piperidine rings is 2. The summed E-state index contributed by atoms with van der Waals surface area (Å²) in [7, 11) is 5.25. The van der Waals surface area contributed by atoms with Gasteiger partial charge in [-0.2, -0.15) is 0 Å². The van der Waals surface area contributed by atoms with Gasteiger partial charge in [-0.3, -0.25) is 43.6 Å². The lowest BCUT2D eigenvalue weighted by atomic mass is 9.94. The highest BCUT2D eigenvalue weighted by Gasteiger charge is 2.48. The fraction of sp³-hybridized carbons (Fsp3) is 0.438. The van der Waals surface area contributed by atoms with Gasteiger partial charge >= 0.3 is 5.69 Å². The molecule has 19 heteroatoms. The number of alkyl halides is 2. The van der Waals surface area contributed by atoms with E-state index in [9.17, 15) is 19.2 Å². The molecule has 0 spiro atoms. The lowest BCUT2D eigenvalue weighted by Gasteiger charge is -2.46. The van der Waals surface area contributed by atoms with Crippen LogP contribution in [0.2, 0.25) is 0 Å². The molecule has 4 fully saturated rings. The normalized spacial score (nSPS) is 22.7. The van der Waals surface area contributed by atoms with E-state index >= 15 is 8.78 Å². The third-order valence-electron chi connectivity index (χ3n) is 14.0. The topological polar surface area (TPSA) is 174 Å². The molecule has 1 unspecified atom stereocenters. The van der Waals surface area contributed by atoms with Crippen molar-refractivity contribution < 1.29 is 32.6 Å². The number of pyridine rings is 3. The minimum atomic E-state index is -2.93. The molecule has 0 radical (unpaired) electrons. The number of rotatable bonds is 10. The summed E-state index contributed by atoms with van der Waals surface area (Å²) >= 11 is 0. The van der Waals surface area contributed by atoms with Crippen molar-refractivity contribution in [1.29, 1.82) is 0 Å². The number of carbonyl (C=O) groups is 3. The van der Waals surface area contributed by atoms with Crippen LogP contribution >= 0.6 is 0 Å². The molecule has 9 heterocycles. The van der Waals surface area contributed by atoms with Gasteiger partial charge in [0.15, 0.2) is 0 Å². The highest BCUT2D eigenvalue weighted by atomic mass is 19.3. The van der Waals surface area contributed by atoms with Gasteiger partial charge in [0.25, 0.3) is 5.92 Å². The second kappa shape index (κ2) is 17.3. The Morgan fingerprint density at radius 2 is 1.76 bits per heavy atom. The van der Waals surface area contributed by atoms with E-state index in [0.717, 1.165) is 33.3 Å². The van der Waals surface area contributed by atoms with Crippen LogP contribution in [0.1, 0.15) is 49.9 Å². The Bertz CT molecular complexity index is 2970. The molecular weight excluding hydrogens is 865 g/mol. The summed E-state index contributed by atoms with van der Waals surface area (Å²) < 4.78 is 49.0. The zero-order valence-electron chi connectivity index (χ0n) is 37.9. The maximum atomic E-state index is 16.1. The Morgan fingerprint density at radius 3 is 2.46 bits per heavy atom. The summed E-state index contributed by atoms with van der Waals surface area (Å²) in [6.45, 7) is 4.82. The van der Waals surface area contributed by atoms with Crippen molar-refractivity contribution in [3.63, 3.8) is 0 Å². The number of likely N-dealkylation sites (tertiary alicyclic amines) is 1. The van der Waals surface area contributed by atoms with Crippen molar-refractivity contribution in [3.05, 3.63) is 88.9 Å². The zero-order chi connectivity index (χ0) is 46.8. The Labute approximate surface area is 384 Å². The van der Waals surface area contributed by atoms with Crippen LogP contribution in [-0.2, 0) is 50.1 Å². The highest BCUT2D eigenvalue weighted by molar-refractivity contribution is 6.00. The molecule has 3 atom stereocenters. The Balaban J connectivity index is 0.814. The number of hydrogen-bond acceptors (Lipinski definition) is 12. The van der Waals surface area contributed by atoms with E-state index in [0.29, 0.717) is 99.3 Å². The monoisotopic (exact) mass is 917 g/mol. The average Bonchev–Trinajstić information content (AvgIpc) is 4.00. The van der Waals surface area contributed by atoms with Crippen molar-refractivity contribution >= 4 is 51.2 Å². The van der Waals surface area contributed by atoms with E-state index in [-0.39, 0.29) is 36.9 Å². The molecule has 6 aromatic rings. The summed E-state index contributed by atoms with van der Waals surface area (Å²) in [5.41, 5.74) is 6.47. The number of halogens is 2. The first kappa shape index (κ1) is 44.4. The van der Waals surface area contributed by atoms with Gasteiger partial charge in [-0.1, -0.05) is 6.07 Å². The first-order valence-electron chi connectivity index (χ1n) is 22.7. The molecule has 4 aliphatic rings. The molecule has 4 saturated heterocycles. The van der Waals surface area contributed by atoms with E-state index in [1.54, 1.807) is 31.5 Å². The van der Waals surface area contributed by atoms with Crippen LogP contribution in [0.5, 0.6) is 0 Å². The number of aryl methyl sites for hydroxylation is 2. The van der Waals surface area contributed by atoms with Gasteiger partial charge in [0, 0.05) is 121 Å². The molecule has 4 aliphatic heterocycles. The van der Waals surface area contributed by atoms with Crippen LogP contribution in [-0.4, -0.2) is 128 Å². The van der Waals surface area contributed by atoms with Crippen molar-refractivity contribution in [2.75, 3.05) is 69.8 Å². The van der Waals surface area contributed by atoms with Crippen molar-refractivity contribution in [1.82, 2.24) is 43.8 Å². The summed E-state index contributed by atoms with van der Waals surface area (Å²) in [5.74, 6) is -3.55. The number of nitrogens with zero attached hydrogens (tertiary/aromatic N) is 9. The maximum Gasteiger partial charge on any atom is 0.329 e. The number of methoxy groups -OCH3 is 1. The number of ether oxygens (including phenoxy) is 2. The van der Waals surface area contributed by atoms with Gasteiger partial charge in [0.05, 0.1) is 59.0 Å². The molecular formula is C48H53F2N11O6. The SMILES string of the molecule is CO[C@@]1(c2cc(-c3ccc(CN4CC[C@H](N5CCN(c6ccc7c(c6)n(C)c(=O)n7C6CCC(=O)NC6=O)CC5)C(F)(F)C4)cn3)cc(-c3cn(C)c4cnc(NC(C)=O)cc34)n2)CCOC1. The lowest BCUT2D eigenvalue weighted by Crippen LogP contribution is -2.61. The molecule has 67 heavy (non-hydrogen) atoms. The minimum absolute atomic E-state index is 0.161. The molecule has 3 amide bonds. The second-order valence-electron chi connectivity index (χ2n) is 18.3. The quantitative estimate of drug-likeness (QED) is 0.184. The highest BCUT2D eigenvalue weighted by Crippen LogP contribution is 2.39. The van der Waals surface area contributed by atoms with Gasteiger partial charge in [0.1, 0.15) is 17.5 Å². The zero-order valence-corrected chi connectivity index (χ0v) is 37.9. The van der Waals surface area contributed by atoms with Crippen molar-refractivity contribution in [2.45, 2.75) is 62.8 Å². The molecule has 1 aromatic carbocycles. The smallest absolute Gasteiger partial charge is 0.329 e. The molecule has 10 rings (SSSR count). The number of hydrogen-bond donors (Lipinski definition) is 2. The van der Waals surface area contributed by atoms with Crippen molar-refractivity contribution in [3.8, 4) is 22.5 Å². The molecule has 5 aromatic heterocycles. The number of imidazole rings is 1. The standard InChI is InChI=1S/C48H53F2N11O6/c1-29(62)53-43-22-33-34(26-56(2)40(33)24-52-43)36-19-31(20-41(54-36)47(66-4)12-18-67-28-47)35-7-5-30(23-51-35)25-58-13-11-42(48(49,50)27-58)60-16-14-59(15-17-60)32-6-8-37-39(21-32)57(3)46(65)61(37)38-9-10-44(63)55-45(38)64/h5-8,19-24,26,38,42H,9-18,25,27-28H2,1-4H3,(H,52,53,62)(H,55,63,64)/t38?,42-,47-/m0/s1. The van der Waals surface area contributed by atoms with Crippen molar-refractivity contribution in [2.24, 2.45) is 14.1 Å². The predicted molar refractivity (Wildman–Crippen MR) is 247 cm³/mol. The lowest BCUT2D eigenvalue weighted by molar-refractivity contribution is -0.135. The number of nitrogens with one attached hydrogen (secondary N) is 2. The molecule has 17 nitrogen and oxygen atoms in total. The molecule has 0 bridgehead atoms. The Kier molecular flexibility index (Phi) is 11.5. The van der Waals surface area contributed by atoms with E-state index in [2.05, 4.69) is 20.5 Å². The van der Waals surface area contributed by atoms with Crippen LogP contribution < -0.4 is 21.2 Å². The Hall–Kier alpha value is -6.41. The fourth-order valence-corrected chi connectivity index (χ4v) is 10.4. The number of carbonyl (C=O) groups excluding carboxylic acids is 3.